The Balaban J connectivity index is 1.99. The van der Waals surface area contributed by atoms with Crippen molar-refractivity contribution in [1.29, 1.82) is 0 Å². The lowest BCUT2D eigenvalue weighted by atomic mass is 9.90. The van der Waals surface area contributed by atoms with Crippen LogP contribution in [0.2, 0.25) is 0 Å². The van der Waals surface area contributed by atoms with E-state index in [9.17, 15) is 4.39 Å². The molecule has 0 amide bonds. The van der Waals surface area contributed by atoms with Crippen LogP contribution in [0.1, 0.15) is 32.3 Å². The number of nitrogens with one attached hydrogen (secondary N) is 1. The molecule has 0 unspecified atom stereocenters. The fraction of sp³-hybridized carbons (Fsp3) is 0.600. The number of hydrogen-bond acceptors (Lipinski definition) is 2. The van der Waals surface area contributed by atoms with Gasteiger partial charge in [0.05, 0.1) is 0 Å². The molecule has 2 rings (SSSR count). The fourth-order valence-corrected chi connectivity index (χ4v) is 2.75. The van der Waals surface area contributed by atoms with Crippen molar-refractivity contribution in [2.75, 3.05) is 19.6 Å². The number of piperazine rings is 1. The molecule has 0 spiro atoms. The smallest absolute Gasteiger partial charge is 0.123 e. The first-order valence-electron chi connectivity index (χ1n) is 6.89. The Morgan fingerprint density at radius 3 is 2.50 bits per heavy atom. The molecule has 1 N–H and O–H groups in total. The van der Waals surface area contributed by atoms with Crippen LogP contribution in [0.15, 0.2) is 24.3 Å². The molecule has 2 nitrogen and oxygen atoms in total. The van der Waals surface area contributed by atoms with Gasteiger partial charge in [-0.3, -0.25) is 4.90 Å². The maximum absolute atomic E-state index is 12.9. The summed E-state index contributed by atoms with van der Waals surface area (Å²) in [6, 6.07) is 6.86. The minimum absolute atomic E-state index is 0.157. The summed E-state index contributed by atoms with van der Waals surface area (Å²) >= 11 is 0. The third-order valence-corrected chi connectivity index (χ3v) is 4.13. The van der Waals surface area contributed by atoms with Gasteiger partial charge in [0.1, 0.15) is 5.82 Å². The van der Waals surface area contributed by atoms with Gasteiger partial charge in [0.15, 0.2) is 0 Å². The Morgan fingerprint density at radius 2 is 1.89 bits per heavy atom. The summed E-state index contributed by atoms with van der Waals surface area (Å²) in [6.45, 7) is 8.61. The topological polar surface area (TPSA) is 15.3 Å². The Kier molecular flexibility index (Phi) is 4.36. The summed E-state index contributed by atoms with van der Waals surface area (Å²) in [7, 11) is 0. The molecule has 18 heavy (non-hydrogen) atoms. The highest BCUT2D eigenvalue weighted by Crippen LogP contribution is 2.21. The van der Waals surface area contributed by atoms with Gasteiger partial charge >= 0.3 is 0 Å². The molecule has 100 valence electrons. The minimum Gasteiger partial charge on any atom is -0.309 e. The predicted molar refractivity (Wildman–Crippen MR) is 73.0 cm³/mol. The van der Waals surface area contributed by atoms with Crippen LogP contribution in [-0.2, 0) is 6.54 Å². The molecule has 1 fully saturated rings. The molecule has 0 atom stereocenters. The van der Waals surface area contributed by atoms with E-state index in [1.54, 1.807) is 12.1 Å². The molecule has 0 aliphatic carbocycles. The molecular weight excluding hydrogens is 227 g/mol. The summed E-state index contributed by atoms with van der Waals surface area (Å²) in [6.07, 6.45) is 2.31. The maximum Gasteiger partial charge on any atom is 0.123 e. The van der Waals surface area contributed by atoms with E-state index in [2.05, 4.69) is 24.1 Å². The van der Waals surface area contributed by atoms with E-state index >= 15 is 0 Å². The first-order valence-corrected chi connectivity index (χ1v) is 6.89. The predicted octanol–water partition coefficient (Wildman–Crippen LogP) is 2.79. The molecule has 0 aromatic heterocycles. The van der Waals surface area contributed by atoms with Gasteiger partial charge in [-0.05, 0) is 30.5 Å². The zero-order valence-electron chi connectivity index (χ0n) is 11.4. The summed E-state index contributed by atoms with van der Waals surface area (Å²) < 4.78 is 12.9. The van der Waals surface area contributed by atoms with E-state index in [1.807, 2.05) is 12.1 Å². The van der Waals surface area contributed by atoms with Crippen molar-refractivity contribution in [3.05, 3.63) is 35.6 Å². The normalized spacial score (nSPS) is 19.9. The SMILES string of the molecule is CCC1(CC)CN(Cc2ccc(F)cc2)CCN1. The fourth-order valence-electron chi connectivity index (χ4n) is 2.75. The van der Waals surface area contributed by atoms with Crippen LogP contribution >= 0.6 is 0 Å². The van der Waals surface area contributed by atoms with Gasteiger partial charge in [0, 0.05) is 31.7 Å². The molecule has 3 heteroatoms. The lowest BCUT2D eigenvalue weighted by molar-refractivity contribution is 0.118. The van der Waals surface area contributed by atoms with Crippen molar-refractivity contribution < 1.29 is 4.39 Å². The first-order chi connectivity index (χ1) is 8.67. The molecule has 1 saturated heterocycles. The average Bonchev–Trinajstić information content (AvgIpc) is 2.41. The maximum atomic E-state index is 12.9. The lowest BCUT2D eigenvalue weighted by Gasteiger charge is -2.43. The second-order valence-electron chi connectivity index (χ2n) is 5.25. The van der Waals surface area contributed by atoms with Crippen molar-refractivity contribution >= 4 is 0 Å². The van der Waals surface area contributed by atoms with E-state index in [4.69, 9.17) is 0 Å². The van der Waals surface area contributed by atoms with Gasteiger partial charge in [-0.2, -0.15) is 0 Å². The van der Waals surface area contributed by atoms with Crippen molar-refractivity contribution in [2.45, 2.75) is 38.8 Å². The highest BCUT2D eigenvalue weighted by molar-refractivity contribution is 5.16. The van der Waals surface area contributed by atoms with Gasteiger partial charge in [-0.25, -0.2) is 4.39 Å². The van der Waals surface area contributed by atoms with E-state index in [0.717, 1.165) is 39.0 Å². The van der Waals surface area contributed by atoms with Gasteiger partial charge in [0.2, 0.25) is 0 Å². The number of halogens is 1. The molecule has 1 aromatic rings. The van der Waals surface area contributed by atoms with Gasteiger partial charge in [-0.1, -0.05) is 26.0 Å². The van der Waals surface area contributed by atoms with Crippen LogP contribution in [0, 0.1) is 5.82 Å². The van der Waals surface area contributed by atoms with Gasteiger partial charge < -0.3 is 5.32 Å². The molecular formula is C15H23FN2. The summed E-state index contributed by atoms with van der Waals surface area (Å²) in [5.74, 6) is -0.157. The molecule has 1 aliphatic heterocycles. The summed E-state index contributed by atoms with van der Waals surface area (Å²) in [5, 5.41) is 3.66. The van der Waals surface area contributed by atoms with Crippen LogP contribution in [0.5, 0.6) is 0 Å². The lowest BCUT2D eigenvalue weighted by Crippen LogP contribution is -2.59. The molecule has 0 radical (unpaired) electrons. The Morgan fingerprint density at radius 1 is 1.22 bits per heavy atom. The van der Waals surface area contributed by atoms with Crippen molar-refractivity contribution in [3.63, 3.8) is 0 Å². The summed E-state index contributed by atoms with van der Waals surface area (Å²) in [4.78, 5) is 2.47. The Hall–Kier alpha value is -0.930. The molecule has 0 bridgehead atoms. The summed E-state index contributed by atoms with van der Waals surface area (Å²) in [5.41, 5.74) is 1.46. The standard InChI is InChI=1S/C15H23FN2/c1-3-15(4-2)12-18(10-9-17-15)11-13-5-7-14(16)8-6-13/h5-8,17H,3-4,9-12H2,1-2H3. The van der Waals surface area contributed by atoms with E-state index in [-0.39, 0.29) is 11.4 Å². The van der Waals surface area contributed by atoms with Crippen LogP contribution in [0.4, 0.5) is 4.39 Å². The Labute approximate surface area is 109 Å². The van der Waals surface area contributed by atoms with Gasteiger partial charge in [0.25, 0.3) is 0 Å². The zero-order chi connectivity index (χ0) is 13.0. The second-order valence-corrected chi connectivity index (χ2v) is 5.25. The first kappa shape index (κ1) is 13.5. The van der Waals surface area contributed by atoms with E-state index in [1.165, 1.54) is 5.56 Å². The monoisotopic (exact) mass is 250 g/mol. The highest BCUT2D eigenvalue weighted by Gasteiger charge is 2.31. The molecule has 1 aliphatic rings. The van der Waals surface area contributed by atoms with E-state index in [0.29, 0.717) is 0 Å². The quantitative estimate of drug-likeness (QED) is 0.884. The third kappa shape index (κ3) is 3.09. The second kappa shape index (κ2) is 5.81. The third-order valence-electron chi connectivity index (χ3n) is 4.13. The number of rotatable bonds is 4. The Bertz CT molecular complexity index is 371. The van der Waals surface area contributed by atoms with Gasteiger partial charge in [-0.15, -0.1) is 0 Å². The van der Waals surface area contributed by atoms with Crippen molar-refractivity contribution in [2.24, 2.45) is 0 Å². The average molecular weight is 250 g/mol. The van der Waals surface area contributed by atoms with Crippen LogP contribution in [0.25, 0.3) is 0 Å². The molecule has 0 saturated carbocycles. The number of hydrogen-bond donors (Lipinski definition) is 1. The number of benzene rings is 1. The van der Waals surface area contributed by atoms with Crippen LogP contribution < -0.4 is 5.32 Å². The molecule has 1 aromatic carbocycles. The minimum atomic E-state index is -0.157. The van der Waals surface area contributed by atoms with Crippen LogP contribution in [0.3, 0.4) is 0 Å². The molecule has 1 heterocycles. The van der Waals surface area contributed by atoms with Crippen molar-refractivity contribution in [1.82, 2.24) is 10.2 Å². The highest BCUT2D eigenvalue weighted by atomic mass is 19.1. The van der Waals surface area contributed by atoms with Crippen molar-refractivity contribution in [3.8, 4) is 0 Å². The largest absolute Gasteiger partial charge is 0.309 e. The zero-order valence-corrected chi connectivity index (χ0v) is 11.4. The number of nitrogens with zero attached hydrogens (tertiary/aromatic N) is 1. The van der Waals surface area contributed by atoms with E-state index < -0.39 is 0 Å². The van der Waals surface area contributed by atoms with Crippen LogP contribution in [-0.4, -0.2) is 30.1 Å².